The molecular weight excluding hydrogens is 790 g/mol. The van der Waals surface area contributed by atoms with Crippen molar-refractivity contribution in [1.82, 2.24) is 33.9 Å². The lowest BCUT2D eigenvalue weighted by Gasteiger charge is -2.36. The third kappa shape index (κ3) is 8.10. The molecule has 0 spiro atoms. The predicted molar refractivity (Wildman–Crippen MR) is 205 cm³/mol. The highest BCUT2D eigenvalue weighted by atomic mass is 35.5. The third-order valence-electron chi connectivity index (χ3n) is 10.5. The summed E-state index contributed by atoms with van der Waals surface area (Å²) in [6.45, 7) is 4.52. The van der Waals surface area contributed by atoms with Crippen LogP contribution in [0, 0.1) is 5.82 Å². The standard InChI is InChI=1S/C38H40ClF4N9O6/c1-3-29-31(35(56)50-14-12-49(13-15-50)34(55)25-19-24(20-27(40)32(25)54)48-10-8-47(2)9-11-48)36(57)52-37(45-33(46-52)22-6-16-58-17-7-22)51(29)21-30(53)44-28-5-4-23(18-26(28)39)38(41,42)43/h4-6,18-20,54H,3,7-17,21H2,1-2H3,(H,44,53). The van der Waals surface area contributed by atoms with E-state index in [0.717, 1.165) is 29.7 Å². The van der Waals surface area contributed by atoms with Gasteiger partial charge in [-0.05, 0) is 49.7 Å². The number of amides is 3. The van der Waals surface area contributed by atoms with Crippen molar-refractivity contribution in [3.05, 3.63) is 85.8 Å². The first-order valence-corrected chi connectivity index (χ1v) is 19.0. The highest BCUT2D eigenvalue weighted by molar-refractivity contribution is 6.33. The first kappa shape index (κ1) is 40.7. The Kier molecular flexibility index (Phi) is 11.5. The molecular formula is C38H40ClF4N9O6. The lowest BCUT2D eigenvalue weighted by molar-refractivity contribution is -0.137. The molecule has 0 saturated carbocycles. The number of hydrogen-bond donors (Lipinski definition) is 2. The fourth-order valence-electron chi connectivity index (χ4n) is 7.28. The van der Waals surface area contributed by atoms with Crippen molar-refractivity contribution >= 4 is 52.0 Å². The molecule has 7 rings (SSSR count). The fraction of sp³-hybridized carbons (Fsp3) is 0.421. The fourth-order valence-corrected chi connectivity index (χ4v) is 7.50. The number of phenolic OH excluding ortho intramolecular Hbond substituents is 1. The molecule has 5 heterocycles. The van der Waals surface area contributed by atoms with Crippen molar-refractivity contribution in [2.24, 2.45) is 0 Å². The van der Waals surface area contributed by atoms with Gasteiger partial charge in [-0.25, -0.2) is 4.39 Å². The van der Waals surface area contributed by atoms with Crippen molar-refractivity contribution in [3.63, 3.8) is 0 Å². The van der Waals surface area contributed by atoms with Gasteiger partial charge in [0.25, 0.3) is 17.4 Å². The average Bonchev–Trinajstić information content (AvgIpc) is 3.67. The van der Waals surface area contributed by atoms with Crippen LogP contribution in [0.15, 0.2) is 41.2 Å². The third-order valence-corrected chi connectivity index (χ3v) is 10.8. The van der Waals surface area contributed by atoms with E-state index in [4.69, 9.17) is 16.3 Å². The van der Waals surface area contributed by atoms with Crippen molar-refractivity contribution in [3.8, 4) is 5.75 Å². The smallest absolute Gasteiger partial charge is 0.416 e. The van der Waals surface area contributed by atoms with Crippen LogP contribution in [0.25, 0.3) is 11.4 Å². The number of nitrogens with one attached hydrogen (secondary N) is 1. The lowest BCUT2D eigenvalue weighted by atomic mass is 10.1. The van der Waals surface area contributed by atoms with E-state index >= 15 is 0 Å². The van der Waals surface area contributed by atoms with Gasteiger partial charge in [0.05, 0.1) is 35.1 Å². The molecule has 15 nitrogen and oxygen atoms in total. The summed E-state index contributed by atoms with van der Waals surface area (Å²) < 4.78 is 62.4. The van der Waals surface area contributed by atoms with Crippen LogP contribution < -0.4 is 15.8 Å². The summed E-state index contributed by atoms with van der Waals surface area (Å²) in [7, 11) is 1.98. The van der Waals surface area contributed by atoms with Crippen LogP contribution in [-0.4, -0.2) is 129 Å². The van der Waals surface area contributed by atoms with E-state index < -0.39 is 53.1 Å². The molecule has 2 N–H and O–H groups in total. The van der Waals surface area contributed by atoms with Crippen molar-refractivity contribution in [1.29, 1.82) is 0 Å². The number of nitrogens with zero attached hydrogens (tertiary/aromatic N) is 8. The van der Waals surface area contributed by atoms with E-state index in [2.05, 4.69) is 20.3 Å². The minimum absolute atomic E-state index is 0.00224. The molecule has 58 heavy (non-hydrogen) atoms. The van der Waals surface area contributed by atoms with Gasteiger partial charge >= 0.3 is 6.18 Å². The van der Waals surface area contributed by atoms with E-state index in [1.165, 1.54) is 26.5 Å². The Morgan fingerprint density at radius 3 is 2.29 bits per heavy atom. The molecule has 4 aromatic rings. The molecule has 0 unspecified atom stereocenters. The summed E-state index contributed by atoms with van der Waals surface area (Å²) in [6.07, 6.45) is -2.37. The molecule has 2 aromatic heterocycles. The summed E-state index contributed by atoms with van der Waals surface area (Å²) >= 11 is 6.11. The van der Waals surface area contributed by atoms with E-state index in [-0.39, 0.29) is 71.7 Å². The number of piperazine rings is 2. The normalized spacial score (nSPS) is 16.8. The van der Waals surface area contributed by atoms with Gasteiger partial charge in [0.2, 0.25) is 11.7 Å². The topological polar surface area (TPSA) is 158 Å². The highest BCUT2D eigenvalue weighted by Gasteiger charge is 2.34. The number of carbonyl (C=O) groups excluding carboxylic acids is 3. The van der Waals surface area contributed by atoms with Crippen molar-refractivity contribution < 1.29 is 41.8 Å². The van der Waals surface area contributed by atoms with Gasteiger partial charge in [0.1, 0.15) is 12.1 Å². The SMILES string of the molecule is CCc1c(C(=O)N2CCN(C(=O)c3cc(N4CCN(C)CC4)cc(F)c3O)CC2)c(=O)n2nc(C3=CCOCC3)nc2n1CC(=O)Nc1ccc(C(F)(F)F)cc1Cl. The number of carbonyl (C=O) groups is 3. The molecule has 308 valence electrons. The molecule has 3 amide bonds. The molecule has 0 atom stereocenters. The van der Waals surface area contributed by atoms with Gasteiger partial charge in [-0.2, -0.15) is 22.7 Å². The Morgan fingerprint density at radius 2 is 1.67 bits per heavy atom. The van der Waals surface area contributed by atoms with Crippen LogP contribution in [-0.2, 0) is 28.7 Å². The Bertz CT molecular complexity index is 2370. The number of likely N-dealkylation sites (N-methyl/N-ethyl adjacent to an activating group) is 1. The number of alkyl halides is 3. The van der Waals surface area contributed by atoms with Crippen molar-refractivity contribution in [2.75, 3.05) is 82.8 Å². The number of benzene rings is 2. The number of rotatable bonds is 8. The van der Waals surface area contributed by atoms with E-state index in [1.54, 1.807) is 13.0 Å². The molecule has 2 saturated heterocycles. The minimum atomic E-state index is -4.65. The largest absolute Gasteiger partial charge is 0.504 e. The second kappa shape index (κ2) is 16.4. The van der Waals surface area contributed by atoms with Crippen LogP contribution in [0.5, 0.6) is 5.75 Å². The van der Waals surface area contributed by atoms with Crippen LogP contribution >= 0.6 is 11.6 Å². The van der Waals surface area contributed by atoms with Crippen LogP contribution in [0.2, 0.25) is 5.02 Å². The van der Waals surface area contributed by atoms with Crippen LogP contribution in [0.1, 0.15) is 51.1 Å². The molecule has 0 aliphatic carbocycles. The van der Waals surface area contributed by atoms with E-state index in [0.29, 0.717) is 50.1 Å². The maximum atomic E-state index is 14.9. The maximum absolute atomic E-state index is 14.9. The van der Waals surface area contributed by atoms with Gasteiger partial charge in [0.15, 0.2) is 17.4 Å². The van der Waals surface area contributed by atoms with Crippen molar-refractivity contribution in [2.45, 2.75) is 32.5 Å². The maximum Gasteiger partial charge on any atom is 0.416 e. The number of hydrogen-bond acceptors (Lipinski definition) is 10. The number of fused-ring (bicyclic) bond motifs is 1. The van der Waals surface area contributed by atoms with Crippen LogP contribution in [0.4, 0.5) is 28.9 Å². The predicted octanol–water partition coefficient (Wildman–Crippen LogP) is 3.76. The number of ether oxygens (including phenoxy) is 1. The number of anilines is 2. The molecule has 2 fully saturated rings. The minimum Gasteiger partial charge on any atom is -0.504 e. The Morgan fingerprint density at radius 1 is 0.983 bits per heavy atom. The molecule has 0 bridgehead atoms. The monoisotopic (exact) mass is 829 g/mol. The summed E-state index contributed by atoms with van der Waals surface area (Å²) in [6, 6.07) is 5.17. The zero-order valence-corrected chi connectivity index (χ0v) is 32.4. The Labute approximate surface area is 334 Å². The molecule has 0 radical (unpaired) electrons. The van der Waals surface area contributed by atoms with Gasteiger partial charge in [0, 0.05) is 69.8 Å². The highest BCUT2D eigenvalue weighted by Crippen LogP contribution is 2.34. The number of halogens is 5. The zero-order valence-electron chi connectivity index (χ0n) is 31.6. The number of phenols is 1. The van der Waals surface area contributed by atoms with E-state index in [1.807, 2.05) is 11.9 Å². The van der Waals surface area contributed by atoms with Crippen LogP contribution in [0.3, 0.4) is 0 Å². The van der Waals surface area contributed by atoms with Gasteiger partial charge in [-0.15, -0.1) is 5.10 Å². The summed E-state index contributed by atoms with van der Waals surface area (Å²) in [4.78, 5) is 67.2. The average molecular weight is 830 g/mol. The van der Waals surface area contributed by atoms with Gasteiger partial charge in [-0.3, -0.25) is 19.2 Å². The summed E-state index contributed by atoms with van der Waals surface area (Å²) in [5.41, 5.74) is -1.05. The van der Waals surface area contributed by atoms with E-state index in [9.17, 15) is 41.8 Å². The second-order valence-electron chi connectivity index (χ2n) is 14.2. The number of aromatic hydroxyl groups is 1. The number of aromatic nitrogens is 4. The molecule has 20 heteroatoms. The molecule has 3 aliphatic heterocycles. The first-order valence-electron chi connectivity index (χ1n) is 18.6. The van der Waals surface area contributed by atoms with Gasteiger partial charge in [-0.1, -0.05) is 24.6 Å². The molecule has 2 aromatic carbocycles. The summed E-state index contributed by atoms with van der Waals surface area (Å²) in [5.74, 6) is -3.59. The van der Waals surface area contributed by atoms with Gasteiger partial charge < -0.3 is 39.3 Å². The quantitative estimate of drug-likeness (QED) is 0.251. The second-order valence-corrected chi connectivity index (χ2v) is 14.6. The Hall–Kier alpha value is -5.53. The Balaban J connectivity index is 1.16. The summed E-state index contributed by atoms with van der Waals surface area (Å²) in [5, 5.41) is 17.2. The molecule has 3 aliphatic rings. The lowest BCUT2D eigenvalue weighted by Crippen LogP contribution is -2.52. The first-order chi connectivity index (χ1) is 27.6. The zero-order chi connectivity index (χ0) is 41.5.